The van der Waals surface area contributed by atoms with Crippen LogP contribution in [0.1, 0.15) is 18.1 Å². The van der Waals surface area contributed by atoms with E-state index in [4.69, 9.17) is 9.47 Å². The fourth-order valence-electron chi connectivity index (χ4n) is 2.55. The summed E-state index contributed by atoms with van der Waals surface area (Å²) in [6, 6.07) is 11.2. The molecule has 1 amide bonds. The minimum absolute atomic E-state index is 0.0801. The number of methoxy groups -OCH3 is 2. The van der Waals surface area contributed by atoms with E-state index in [1.54, 1.807) is 18.2 Å². The molecule has 140 valence electrons. The molecule has 0 radical (unpaired) electrons. The lowest BCUT2D eigenvalue weighted by molar-refractivity contribution is -0.115. The second-order valence-electron chi connectivity index (χ2n) is 5.78. The van der Waals surface area contributed by atoms with Gasteiger partial charge in [0.2, 0.25) is 5.75 Å². The Kier molecular flexibility index (Phi) is 5.71. The van der Waals surface area contributed by atoms with Crippen molar-refractivity contribution in [2.24, 2.45) is 4.99 Å². The lowest BCUT2D eigenvalue weighted by Gasteiger charge is -2.09. The van der Waals surface area contributed by atoms with Crippen LogP contribution in [0, 0.1) is 0 Å². The monoisotopic (exact) mass is 384 g/mol. The molecule has 6 nitrogen and oxygen atoms in total. The van der Waals surface area contributed by atoms with Crippen LogP contribution in [-0.2, 0) is 11.2 Å². The largest absolute Gasteiger partial charge is 0.502 e. The number of aliphatic imine (C=N–C) groups is 1. The Labute approximate surface area is 161 Å². The predicted octanol–water partition coefficient (Wildman–Crippen LogP) is 3.86. The van der Waals surface area contributed by atoms with E-state index in [9.17, 15) is 9.90 Å². The van der Waals surface area contributed by atoms with Crippen molar-refractivity contribution >= 4 is 34.6 Å². The molecule has 2 N–H and O–H groups in total. The van der Waals surface area contributed by atoms with E-state index in [-0.39, 0.29) is 23.2 Å². The van der Waals surface area contributed by atoms with Crippen molar-refractivity contribution in [3.8, 4) is 17.2 Å². The Bertz CT molecular complexity index is 895. The molecule has 0 aromatic heterocycles. The zero-order valence-corrected chi connectivity index (χ0v) is 16.1. The number of phenolic OH excluding ortho intramolecular Hbond substituents is 1. The van der Waals surface area contributed by atoms with Crippen LogP contribution in [0.4, 0.5) is 5.69 Å². The molecule has 27 heavy (non-hydrogen) atoms. The number of hydrogen-bond donors (Lipinski definition) is 2. The summed E-state index contributed by atoms with van der Waals surface area (Å²) in [6.07, 6.45) is 2.67. The van der Waals surface area contributed by atoms with Crippen LogP contribution >= 0.6 is 11.8 Å². The fourth-order valence-corrected chi connectivity index (χ4v) is 3.39. The molecule has 0 spiro atoms. The van der Waals surface area contributed by atoms with Gasteiger partial charge in [0, 0.05) is 0 Å². The summed E-state index contributed by atoms with van der Waals surface area (Å²) in [5.74, 6) is 0.238. The number of carbonyl (C=O) groups is 1. The maximum atomic E-state index is 12.3. The van der Waals surface area contributed by atoms with Gasteiger partial charge in [0.1, 0.15) is 0 Å². The molecule has 1 heterocycles. The zero-order chi connectivity index (χ0) is 19.4. The minimum atomic E-state index is -0.227. The van der Waals surface area contributed by atoms with Gasteiger partial charge in [0.05, 0.1) is 24.8 Å². The zero-order valence-electron chi connectivity index (χ0n) is 15.3. The van der Waals surface area contributed by atoms with Gasteiger partial charge in [-0.05, 0) is 59.7 Å². The van der Waals surface area contributed by atoms with Crippen molar-refractivity contribution in [1.82, 2.24) is 5.32 Å². The molecule has 2 aromatic carbocycles. The lowest BCUT2D eigenvalue weighted by atomic mass is 10.1. The second-order valence-corrected chi connectivity index (χ2v) is 6.81. The number of ether oxygens (including phenoxy) is 2. The average molecular weight is 384 g/mol. The van der Waals surface area contributed by atoms with E-state index in [0.717, 1.165) is 12.1 Å². The van der Waals surface area contributed by atoms with Crippen LogP contribution in [0.5, 0.6) is 17.2 Å². The molecule has 0 aliphatic carbocycles. The number of rotatable bonds is 5. The molecule has 1 saturated heterocycles. The van der Waals surface area contributed by atoms with E-state index in [1.807, 2.05) is 24.3 Å². The van der Waals surface area contributed by atoms with Gasteiger partial charge in [-0.3, -0.25) is 4.79 Å². The predicted molar refractivity (Wildman–Crippen MR) is 108 cm³/mol. The molecular weight excluding hydrogens is 364 g/mol. The quantitative estimate of drug-likeness (QED) is 0.765. The highest BCUT2D eigenvalue weighted by molar-refractivity contribution is 8.18. The number of aryl methyl sites for hydroxylation is 1. The Balaban J connectivity index is 1.85. The molecule has 0 unspecified atom stereocenters. The minimum Gasteiger partial charge on any atom is -0.502 e. The Morgan fingerprint density at radius 2 is 1.78 bits per heavy atom. The normalized spacial score (nSPS) is 16.6. The first-order chi connectivity index (χ1) is 13.0. The number of phenols is 1. The first kappa shape index (κ1) is 18.8. The standard InChI is InChI=1S/C20H20N2O4S/c1-4-12-5-7-14(8-6-12)21-20-22-19(24)17(27-20)11-13-9-15(25-2)18(23)16(10-13)26-3/h5-11,23H,4H2,1-3H3,(H,21,22,24)/b17-11+. The maximum Gasteiger partial charge on any atom is 0.264 e. The number of aromatic hydroxyl groups is 1. The third kappa shape index (κ3) is 4.25. The fraction of sp³-hybridized carbons (Fsp3) is 0.200. The SMILES string of the molecule is CCc1ccc(N=C2NC(=O)/C(=C\c3cc(OC)c(O)c(OC)c3)S2)cc1. The summed E-state index contributed by atoms with van der Waals surface area (Å²) in [7, 11) is 2.91. The summed E-state index contributed by atoms with van der Waals surface area (Å²) in [6.45, 7) is 2.10. The molecule has 1 aliphatic heterocycles. The van der Waals surface area contributed by atoms with E-state index in [1.165, 1.54) is 31.5 Å². The van der Waals surface area contributed by atoms with Crippen LogP contribution in [0.25, 0.3) is 6.08 Å². The summed E-state index contributed by atoms with van der Waals surface area (Å²) in [4.78, 5) is 17.2. The topological polar surface area (TPSA) is 80.2 Å². The van der Waals surface area contributed by atoms with Crippen molar-refractivity contribution in [2.45, 2.75) is 13.3 Å². The smallest absolute Gasteiger partial charge is 0.264 e. The van der Waals surface area contributed by atoms with Crippen LogP contribution in [0.15, 0.2) is 46.3 Å². The Morgan fingerprint density at radius 1 is 1.15 bits per heavy atom. The van der Waals surface area contributed by atoms with Crippen molar-refractivity contribution in [3.63, 3.8) is 0 Å². The summed E-state index contributed by atoms with van der Waals surface area (Å²) in [5, 5.41) is 13.3. The van der Waals surface area contributed by atoms with Gasteiger partial charge in [-0.2, -0.15) is 0 Å². The van der Waals surface area contributed by atoms with Crippen LogP contribution in [-0.4, -0.2) is 30.4 Å². The van der Waals surface area contributed by atoms with Crippen LogP contribution < -0.4 is 14.8 Å². The highest BCUT2D eigenvalue weighted by atomic mass is 32.2. The van der Waals surface area contributed by atoms with E-state index in [0.29, 0.717) is 15.6 Å². The first-order valence-electron chi connectivity index (χ1n) is 8.37. The lowest BCUT2D eigenvalue weighted by Crippen LogP contribution is -2.19. The number of benzene rings is 2. The maximum absolute atomic E-state index is 12.3. The molecule has 3 rings (SSSR count). The van der Waals surface area contributed by atoms with Crippen LogP contribution in [0.3, 0.4) is 0 Å². The molecule has 7 heteroatoms. The first-order valence-corrected chi connectivity index (χ1v) is 9.19. The van der Waals surface area contributed by atoms with Crippen molar-refractivity contribution in [1.29, 1.82) is 0 Å². The van der Waals surface area contributed by atoms with Gasteiger partial charge < -0.3 is 19.9 Å². The summed E-state index contributed by atoms with van der Waals surface area (Å²) < 4.78 is 10.3. The van der Waals surface area contributed by atoms with Crippen molar-refractivity contribution in [3.05, 3.63) is 52.4 Å². The third-order valence-corrected chi connectivity index (χ3v) is 4.94. The van der Waals surface area contributed by atoms with Crippen molar-refractivity contribution in [2.75, 3.05) is 14.2 Å². The van der Waals surface area contributed by atoms with Crippen LogP contribution in [0.2, 0.25) is 0 Å². The van der Waals surface area contributed by atoms with Gasteiger partial charge in [-0.1, -0.05) is 19.1 Å². The number of nitrogens with one attached hydrogen (secondary N) is 1. The number of nitrogens with zero attached hydrogens (tertiary/aromatic N) is 1. The van der Waals surface area contributed by atoms with Gasteiger partial charge in [-0.25, -0.2) is 4.99 Å². The Morgan fingerprint density at radius 3 is 2.33 bits per heavy atom. The molecule has 0 atom stereocenters. The van der Waals surface area contributed by atoms with Gasteiger partial charge in [-0.15, -0.1) is 0 Å². The third-order valence-electron chi connectivity index (χ3n) is 4.03. The summed E-state index contributed by atoms with van der Waals surface area (Å²) in [5.41, 5.74) is 2.69. The molecule has 1 fully saturated rings. The molecule has 0 saturated carbocycles. The number of carbonyl (C=O) groups excluding carboxylic acids is 1. The highest BCUT2D eigenvalue weighted by Crippen LogP contribution is 2.38. The van der Waals surface area contributed by atoms with E-state index < -0.39 is 0 Å². The second kappa shape index (κ2) is 8.18. The Hall–Kier alpha value is -2.93. The molecular formula is C20H20N2O4S. The van der Waals surface area contributed by atoms with E-state index >= 15 is 0 Å². The number of hydrogen-bond acceptors (Lipinski definition) is 6. The molecule has 2 aromatic rings. The van der Waals surface area contributed by atoms with E-state index in [2.05, 4.69) is 17.2 Å². The number of amides is 1. The number of thioether (sulfide) groups is 1. The van der Waals surface area contributed by atoms with Gasteiger partial charge in [0.25, 0.3) is 5.91 Å². The summed E-state index contributed by atoms with van der Waals surface area (Å²) >= 11 is 1.26. The van der Waals surface area contributed by atoms with Gasteiger partial charge >= 0.3 is 0 Å². The number of amidine groups is 1. The average Bonchev–Trinajstić information content (AvgIpc) is 3.02. The molecule has 0 bridgehead atoms. The molecule has 1 aliphatic rings. The van der Waals surface area contributed by atoms with Gasteiger partial charge in [0.15, 0.2) is 16.7 Å². The highest BCUT2D eigenvalue weighted by Gasteiger charge is 2.24. The van der Waals surface area contributed by atoms with Crippen molar-refractivity contribution < 1.29 is 19.4 Å².